The zero-order valence-corrected chi connectivity index (χ0v) is 20.0. The second-order valence-corrected chi connectivity index (χ2v) is 8.56. The number of nitrogens with two attached hydrogens (primary N) is 1. The van der Waals surface area contributed by atoms with E-state index in [-0.39, 0.29) is 17.3 Å². The van der Waals surface area contributed by atoms with Crippen molar-refractivity contribution < 1.29 is 9.53 Å². The van der Waals surface area contributed by atoms with Crippen LogP contribution >= 0.6 is 11.6 Å². The zero-order valence-electron chi connectivity index (χ0n) is 19.3. The Labute approximate surface area is 207 Å². The number of nitrogens with one attached hydrogen (secondary N) is 1. The predicted octanol–water partition coefficient (Wildman–Crippen LogP) is 3.49. The largest absolute Gasteiger partial charge is 0.492 e. The van der Waals surface area contributed by atoms with Crippen molar-refractivity contribution in [3.63, 3.8) is 0 Å². The van der Waals surface area contributed by atoms with Crippen LogP contribution in [-0.4, -0.2) is 33.4 Å². The molecule has 180 valence electrons. The number of anilines is 1. The van der Waals surface area contributed by atoms with Gasteiger partial charge in [0.05, 0.1) is 19.6 Å². The minimum absolute atomic E-state index is 0.00502. The molecule has 2 heterocycles. The van der Waals surface area contributed by atoms with Crippen molar-refractivity contribution in [2.75, 3.05) is 18.9 Å². The van der Waals surface area contributed by atoms with Crippen molar-refractivity contribution in [2.45, 2.75) is 20.0 Å². The number of benzene rings is 2. The number of carbonyl (C=O) groups excluding carboxylic acids is 1. The molecule has 0 atom stereocenters. The van der Waals surface area contributed by atoms with Gasteiger partial charge in [0.1, 0.15) is 17.9 Å². The monoisotopic (exact) mass is 491 g/mol. The highest BCUT2D eigenvalue weighted by Gasteiger charge is 2.14. The molecule has 2 aromatic carbocycles. The number of rotatable bonds is 9. The molecule has 0 bridgehead atoms. The molecule has 0 radical (unpaired) electrons. The van der Waals surface area contributed by atoms with Gasteiger partial charge in [0.15, 0.2) is 5.82 Å². The zero-order chi connectivity index (χ0) is 24.8. The van der Waals surface area contributed by atoms with Gasteiger partial charge in [-0.2, -0.15) is 5.10 Å². The minimum atomic E-state index is -0.317. The molecule has 4 rings (SSSR count). The standard InChI is InChI=1S/C26H26ClN5O3/c1-18-4-3-12-31(26(18)34)15-19-7-9-20(10-8-19)16-32-17-23(24(28)30-32)25(33)29-11-13-35-22-6-2-5-21(27)14-22/h2-10,12,14,17H,11,13,15-16H2,1H3,(H2,28,30)(H,29,33). The topological polar surface area (TPSA) is 104 Å². The van der Waals surface area contributed by atoms with Crippen LogP contribution in [0.3, 0.4) is 0 Å². The molecule has 8 nitrogen and oxygen atoms in total. The Balaban J connectivity index is 1.31. The van der Waals surface area contributed by atoms with Crippen LogP contribution < -0.4 is 21.3 Å². The Morgan fingerprint density at radius 2 is 1.83 bits per heavy atom. The van der Waals surface area contributed by atoms with Gasteiger partial charge in [0.25, 0.3) is 11.5 Å². The van der Waals surface area contributed by atoms with Crippen molar-refractivity contribution >= 4 is 23.3 Å². The molecule has 0 aliphatic carbocycles. The number of amides is 1. The predicted molar refractivity (Wildman–Crippen MR) is 136 cm³/mol. The third-order valence-electron chi connectivity index (χ3n) is 5.42. The normalized spacial score (nSPS) is 10.8. The van der Waals surface area contributed by atoms with E-state index >= 15 is 0 Å². The number of nitrogen functional groups attached to an aromatic ring is 1. The van der Waals surface area contributed by atoms with Crippen LogP contribution in [0.5, 0.6) is 5.75 Å². The number of pyridine rings is 1. The van der Waals surface area contributed by atoms with E-state index in [9.17, 15) is 9.59 Å². The van der Waals surface area contributed by atoms with Gasteiger partial charge in [-0.15, -0.1) is 0 Å². The molecule has 0 aliphatic heterocycles. The summed E-state index contributed by atoms with van der Waals surface area (Å²) in [7, 11) is 0. The molecule has 35 heavy (non-hydrogen) atoms. The lowest BCUT2D eigenvalue weighted by Crippen LogP contribution is -2.28. The van der Waals surface area contributed by atoms with Crippen molar-refractivity contribution in [2.24, 2.45) is 0 Å². The average Bonchev–Trinajstić information content (AvgIpc) is 3.21. The number of aromatic nitrogens is 3. The third-order valence-corrected chi connectivity index (χ3v) is 5.65. The summed E-state index contributed by atoms with van der Waals surface area (Å²) in [5.74, 6) is 0.479. The first-order valence-electron chi connectivity index (χ1n) is 11.1. The van der Waals surface area contributed by atoms with Gasteiger partial charge in [-0.05, 0) is 42.3 Å². The highest BCUT2D eigenvalue weighted by molar-refractivity contribution is 6.30. The van der Waals surface area contributed by atoms with Crippen LogP contribution in [-0.2, 0) is 13.1 Å². The maximum Gasteiger partial charge on any atom is 0.256 e. The Kier molecular flexibility index (Phi) is 7.52. The van der Waals surface area contributed by atoms with Crippen molar-refractivity contribution in [3.05, 3.63) is 111 Å². The summed E-state index contributed by atoms with van der Waals surface area (Å²) >= 11 is 5.93. The van der Waals surface area contributed by atoms with Crippen LogP contribution in [0.25, 0.3) is 0 Å². The van der Waals surface area contributed by atoms with Gasteiger partial charge < -0.3 is 20.4 Å². The number of halogens is 1. The van der Waals surface area contributed by atoms with E-state index in [2.05, 4.69) is 10.4 Å². The average molecular weight is 492 g/mol. The smallest absolute Gasteiger partial charge is 0.256 e. The number of ether oxygens (including phenoxy) is 1. The molecule has 9 heteroatoms. The number of hydrogen-bond donors (Lipinski definition) is 2. The number of nitrogens with zero attached hydrogens (tertiary/aromatic N) is 3. The second-order valence-electron chi connectivity index (χ2n) is 8.13. The third kappa shape index (κ3) is 6.30. The molecule has 0 saturated carbocycles. The molecule has 0 aliphatic rings. The first-order chi connectivity index (χ1) is 16.9. The number of hydrogen-bond acceptors (Lipinski definition) is 5. The molecular weight excluding hydrogens is 466 g/mol. The molecule has 4 aromatic rings. The Morgan fingerprint density at radius 1 is 1.09 bits per heavy atom. The molecule has 0 saturated heterocycles. The van der Waals surface area contributed by atoms with Crippen LogP contribution in [0.1, 0.15) is 27.0 Å². The van der Waals surface area contributed by atoms with E-state index in [4.69, 9.17) is 22.1 Å². The highest BCUT2D eigenvalue weighted by atomic mass is 35.5. The molecule has 1 amide bonds. The first kappa shape index (κ1) is 24.1. The lowest BCUT2D eigenvalue weighted by molar-refractivity contribution is 0.0947. The molecule has 3 N–H and O–H groups in total. The maximum atomic E-state index is 12.5. The molecule has 0 spiro atoms. The van der Waals surface area contributed by atoms with Crippen molar-refractivity contribution in [1.29, 1.82) is 0 Å². The van der Waals surface area contributed by atoms with E-state index in [1.54, 1.807) is 58.9 Å². The van der Waals surface area contributed by atoms with E-state index in [1.165, 1.54) is 0 Å². The Morgan fingerprint density at radius 3 is 2.57 bits per heavy atom. The number of carbonyl (C=O) groups is 1. The fourth-order valence-corrected chi connectivity index (χ4v) is 3.77. The SMILES string of the molecule is Cc1cccn(Cc2ccc(Cn3cc(C(=O)NCCOc4cccc(Cl)c4)c(N)n3)cc2)c1=O. The quantitative estimate of drug-likeness (QED) is 0.349. The first-order valence-corrected chi connectivity index (χ1v) is 11.5. The molecule has 0 fully saturated rings. The number of aryl methyl sites for hydroxylation is 1. The van der Waals surface area contributed by atoms with Crippen LogP contribution in [0, 0.1) is 6.92 Å². The van der Waals surface area contributed by atoms with Gasteiger partial charge in [-0.1, -0.05) is 48.0 Å². The van der Waals surface area contributed by atoms with E-state index < -0.39 is 0 Å². The molecule has 2 aromatic heterocycles. The molecular formula is C26H26ClN5O3. The van der Waals surface area contributed by atoms with Crippen molar-refractivity contribution in [3.8, 4) is 5.75 Å². The highest BCUT2D eigenvalue weighted by Crippen LogP contribution is 2.17. The van der Waals surface area contributed by atoms with Crippen LogP contribution in [0.4, 0.5) is 5.82 Å². The van der Waals surface area contributed by atoms with Gasteiger partial charge in [-0.3, -0.25) is 14.3 Å². The summed E-state index contributed by atoms with van der Waals surface area (Å²) in [5.41, 5.74) is 9.01. The van der Waals surface area contributed by atoms with Gasteiger partial charge >= 0.3 is 0 Å². The van der Waals surface area contributed by atoms with Gasteiger partial charge in [-0.25, -0.2) is 0 Å². The summed E-state index contributed by atoms with van der Waals surface area (Å²) in [6, 6.07) is 18.6. The van der Waals surface area contributed by atoms with Gasteiger partial charge in [0.2, 0.25) is 0 Å². The summed E-state index contributed by atoms with van der Waals surface area (Å²) in [5, 5.41) is 7.64. The summed E-state index contributed by atoms with van der Waals surface area (Å²) in [6.45, 7) is 3.37. The lowest BCUT2D eigenvalue weighted by atomic mass is 10.1. The van der Waals surface area contributed by atoms with Crippen LogP contribution in [0.15, 0.2) is 77.9 Å². The van der Waals surface area contributed by atoms with E-state index in [1.807, 2.05) is 30.3 Å². The fourth-order valence-electron chi connectivity index (χ4n) is 3.59. The Hall–Kier alpha value is -4.04. The lowest BCUT2D eigenvalue weighted by Gasteiger charge is -2.08. The van der Waals surface area contributed by atoms with Crippen LogP contribution in [0.2, 0.25) is 5.02 Å². The summed E-state index contributed by atoms with van der Waals surface area (Å²) in [6.07, 6.45) is 3.41. The minimum Gasteiger partial charge on any atom is -0.492 e. The second kappa shape index (κ2) is 10.9. The van der Waals surface area contributed by atoms with Gasteiger partial charge in [0, 0.05) is 23.0 Å². The fraction of sp³-hybridized carbons (Fsp3) is 0.192. The maximum absolute atomic E-state index is 12.5. The molecule has 0 unspecified atom stereocenters. The Bertz CT molecular complexity index is 1380. The van der Waals surface area contributed by atoms with Crippen molar-refractivity contribution in [1.82, 2.24) is 19.7 Å². The van der Waals surface area contributed by atoms with E-state index in [0.29, 0.717) is 48.1 Å². The van der Waals surface area contributed by atoms with E-state index in [0.717, 1.165) is 11.1 Å². The summed E-state index contributed by atoms with van der Waals surface area (Å²) in [4.78, 5) is 24.7. The summed E-state index contributed by atoms with van der Waals surface area (Å²) < 4.78 is 8.89.